The molecule has 0 saturated carbocycles. The number of benzene rings is 2. The largest absolute Gasteiger partial charge is 0.496 e. The Morgan fingerprint density at radius 3 is 2.44 bits per heavy atom. The molecule has 0 aromatic heterocycles. The average Bonchev–Trinajstić information content (AvgIpc) is 3.05. The third kappa shape index (κ3) is 3.19. The van der Waals surface area contributed by atoms with E-state index in [0.29, 0.717) is 12.8 Å². The first-order valence-electron chi connectivity index (χ1n) is 7.83. The summed E-state index contributed by atoms with van der Waals surface area (Å²) in [7, 11) is -1.05. The van der Waals surface area contributed by atoms with E-state index >= 15 is 0 Å². The van der Waals surface area contributed by atoms with Crippen molar-refractivity contribution >= 4 is 15.9 Å². The Balaban J connectivity index is 1.87. The zero-order valence-corrected chi connectivity index (χ0v) is 14.8. The van der Waals surface area contributed by atoms with Gasteiger partial charge in [0, 0.05) is 0 Å². The van der Waals surface area contributed by atoms with Crippen molar-refractivity contribution in [1.82, 2.24) is 4.72 Å². The van der Waals surface area contributed by atoms with Crippen LogP contribution in [-0.2, 0) is 21.2 Å². The summed E-state index contributed by atoms with van der Waals surface area (Å²) in [4.78, 5) is 12.6. The van der Waals surface area contributed by atoms with E-state index in [2.05, 4.69) is 4.72 Å². The van der Waals surface area contributed by atoms with E-state index in [1.807, 2.05) is 12.1 Å². The van der Waals surface area contributed by atoms with E-state index in [1.54, 1.807) is 25.3 Å². The first-order chi connectivity index (χ1) is 12.0. The third-order valence-corrected chi connectivity index (χ3v) is 5.74. The van der Waals surface area contributed by atoms with Gasteiger partial charge in [0.25, 0.3) is 10.0 Å². The van der Waals surface area contributed by atoms with Gasteiger partial charge in [-0.2, -0.15) is 0 Å². The molecule has 1 N–H and O–H groups in total. The molecule has 1 amide bonds. The molecule has 3 rings (SSSR count). The Hall–Kier alpha value is -2.54. The van der Waals surface area contributed by atoms with Crippen molar-refractivity contribution in [2.75, 3.05) is 14.2 Å². The van der Waals surface area contributed by atoms with E-state index in [4.69, 9.17) is 9.47 Å². The van der Waals surface area contributed by atoms with Crippen molar-refractivity contribution < 1.29 is 22.7 Å². The van der Waals surface area contributed by atoms with Crippen molar-refractivity contribution in [3.05, 3.63) is 53.6 Å². The molecule has 25 heavy (non-hydrogen) atoms. The molecule has 7 heteroatoms. The summed E-state index contributed by atoms with van der Waals surface area (Å²) in [6.45, 7) is 0. The van der Waals surface area contributed by atoms with Crippen molar-refractivity contribution in [1.29, 1.82) is 0 Å². The molecule has 6 nitrogen and oxygen atoms in total. The van der Waals surface area contributed by atoms with Crippen LogP contribution in [0.5, 0.6) is 11.5 Å². The normalized spacial score (nSPS) is 16.2. The smallest absolute Gasteiger partial charge is 0.267 e. The molecule has 2 aromatic carbocycles. The number of methoxy groups -OCH3 is 2. The standard InChI is InChI=1S/C18H19NO5S/c1-23-15-8-5-6-12-13(15)10-11-14(12)18(20)19-25(21,22)17-9-4-3-7-16(17)24-2/h3-9,14H,10-11H2,1-2H3,(H,19,20). The van der Waals surface area contributed by atoms with Gasteiger partial charge in [-0.05, 0) is 42.2 Å². The highest BCUT2D eigenvalue weighted by Gasteiger charge is 2.33. The van der Waals surface area contributed by atoms with Crippen LogP contribution < -0.4 is 14.2 Å². The molecule has 0 spiro atoms. The van der Waals surface area contributed by atoms with Gasteiger partial charge in [-0.15, -0.1) is 0 Å². The molecule has 0 fully saturated rings. The highest BCUT2D eigenvalue weighted by atomic mass is 32.2. The SMILES string of the molecule is COc1ccccc1S(=O)(=O)NC(=O)C1CCc2c(OC)cccc21. The number of nitrogens with one attached hydrogen (secondary N) is 1. The molecule has 1 aliphatic carbocycles. The summed E-state index contributed by atoms with van der Waals surface area (Å²) < 4.78 is 37.7. The Morgan fingerprint density at radius 2 is 1.72 bits per heavy atom. The van der Waals surface area contributed by atoms with E-state index in [0.717, 1.165) is 16.9 Å². The van der Waals surface area contributed by atoms with Crippen LogP contribution in [0.15, 0.2) is 47.4 Å². The number of rotatable bonds is 5. The molecule has 0 heterocycles. The average molecular weight is 361 g/mol. The number of hydrogen-bond donors (Lipinski definition) is 1. The number of carbonyl (C=O) groups is 1. The molecule has 0 saturated heterocycles. The fraction of sp³-hybridized carbons (Fsp3) is 0.278. The Kier molecular flexibility index (Phi) is 4.67. The molecule has 0 radical (unpaired) electrons. The summed E-state index contributed by atoms with van der Waals surface area (Å²) in [5.74, 6) is -0.149. The van der Waals surface area contributed by atoms with Crippen LogP contribution >= 0.6 is 0 Å². The number of sulfonamides is 1. The molecule has 0 aliphatic heterocycles. The number of fused-ring (bicyclic) bond motifs is 1. The van der Waals surface area contributed by atoms with Crippen LogP contribution in [0.1, 0.15) is 23.5 Å². The molecule has 1 unspecified atom stereocenters. The number of para-hydroxylation sites is 1. The highest BCUT2D eigenvalue weighted by Crippen LogP contribution is 2.38. The monoisotopic (exact) mass is 361 g/mol. The van der Waals surface area contributed by atoms with Gasteiger partial charge in [0.05, 0.1) is 20.1 Å². The van der Waals surface area contributed by atoms with Crippen LogP contribution in [0.25, 0.3) is 0 Å². The lowest BCUT2D eigenvalue weighted by atomic mass is 10.0. The first-order valence-corrected chi connectivity index (χ1v) is 9.31. The molecule has 2 aromatic rings. The minimum absolute atomic E-state index is 0.0605. The maximum absolute atomic E-state index is 12.6. The quantitative estimate of drug-likeness (QED) is 0.883. The number of hydrogen-bond acceptors (Lipinski definition) is 5. The Morgan fingerprint density at radius 1 is 1.04 bits per heavy atom. The van der Waals surface area contributed by atoms with Gasteiger partial charge in [0.15, 0.2) is 0 Å². The molecular formula is C18H19NO5S. The lowest BCUT2D eigenvalue weighted by molar-refractivity contribution is -0.120. The predicted molar refractivity (Wildman–Crippen MR) is 92.4 cm³/mol. The number of ether oxygens (including phenoxy) is 2. The van der Waals surface area contributed by atoms with Gasteiger partial charge in [-0.25, -0.2) is 13.1 Å². The second kappa shape index (κ2) is 6.76. The lowest BCUT2D eigenvalue weighted by Crippen LogP contribution is -2.34. The second-order valence-corrected chi connectivity index (χ2v) is 7.39. The van der Waals surface area contributed by atoms with E-state index in [-0.39, 0.29) is 10.6 Å². The fourth-order valence-corrected chi connectivity index (χ4v) is 4.37. The van der Waals surface area contributed by atoms with E-state index in [1.165, 1.54) is 19.2 Å². The summed E-state index contributed by atoms with van der Waals surface area (Å²) in [6, 6.07) is 11.7. The third-order valence-electron chi connectivity index (χ3n) is 4.36. The molecule has 1 aliphatic rings. The predicted octanol–water partition coefficient (Wildman–Crippen LogP) is 2.24. The van der Waals surface area contributed by atoms with Crippen LogP contribution in [0.2, 0.25) is 0 Å². The van der Waals surface area contributed by atoms with Crippen molar-refractivity contribution in [2.45, 2.75) is 23.7 Å². The van der Waals surface area contributed by atoms with Crippen LogP contribution in [0.3, 0.4) is 0 Å². The molecule has 1 atom stereocenters. The maximum atomic E-state index is 12.6. The van der Waals surface area contributed by atoms with Crippen LogP contribution in [-0.4, -0.2) is 28.5 Å². The van der Waals surface area contributed by atoms with Crippen LogP contribution in [0, 0.1) is 0 Å². The summed E-state index contributed by atoms with van der Waals surface area (Å²) in [5.41, 5.74) is 1.77. The fourth-order valence-electron chi connectivity index (χ4n) is 3.18. The van der Waals surface area contributed by atoms with E-state index < -0.39 is 21.8 Å². The molecule has 0 bridgehead atoms. The van der Waals surface area contributed by atoms with Gasteiger partial charge < -0.3 is 9.47 Å². The van der Waals surface area contributed by atoms with Gasteiger partial charge in [0.2, 0.25) is 5.91 Å². The lowest BCUT2D eigenvalue weighted by Gasteiger charge is -2.14. The minimum Gasteiger partial charge on any atom is -0.496 e. The summed E-state index contributed by atoms with van der Waals surface area (Å²) in [6.07, 6.45) is 1.22. The minimum atomic E-state index is -4.01. The number of amides is 1. The van der Waals surface area contributed by atoms with Gasteiger partial charge in [-0.3, -0.25) is 4.79 Å². The number of carbonyl (C=O) groups excluding carboxylic acids is 1. The Bertz CT molecular complexity index is 907. The summed E-state index contributed by atoms with van der Waals surface area (Å²) >= 11 is 0. The van der Waals surface area contributed by atoms with Crippen molar-refractivity contribution in [3.63, 3.8) is 0 Å². The van der Waals surface area contributed by atoms with Crippen molar-refractivity contribution in [2.24, 2.45) is 0 Å². The zero-order chi connectivity index (χ0) is 18.0. The zero-order valence-electron chi connectivity index (χ0n) is 14.0. The first kappa shape index (κ1) is 17.3. The van der Waals surface area contributed by atoms with Crippen molar-refractivity contribution in [3.8, 4) is 11.5 Å². The van der Waals surface area contributed by atoms with Gasteiger partial charge >= 0.3 is 0 Å². The van der Waals surface area contributed by atoms with Gasteiger partial charge in [-0.1, -0.05) is 24.3 Å². The molecular weight excluding hydrogens is 342 g/mol. The maximum Gasteiger partial charge on any atom is 0.267 e. The molecule has 132 valence electrons. The summed E-state index contributed by atoms with van der Waals surface area (Å²) in [5, 5.41) is 0. The Labute approximate surface area is 146 Å². The topological polar surface area (TPSA) is 81.7 Å². The van der Waals surface area contributed by atoms with E-state index in [9.17, 15) is 13.2 Å². The highest BCUT2D eigenvalue weighted by molar-refractivity contribution is 7.90. The second-order valence-electron chi connectivity index (χ2n) is 5.74. The van der Waals surface area contributed by atoms with Crippen LogP contribution in [0.4, 0.5) is 0 Å². The van der Waals surface area contributed by atoms with Gasteiger partial charge in [0.1, 0.15) is 16.4 Å².